The molecule has 0 radical (unpaired) electrons. The van der Waals surface area contributed by atoms with Crippen molar-refractivity contribution >= 4 is 34.8 Å². The Kier molecular flexibility index (Phi) is 5.17. The molecule has 4 nitrogen and oxygen atoms in total. The summed E-state index contributed by atoms with van der Waals surface area (Å²) < 4.78 is 44.1. The lowest BCUT2D eigenvalue weighted by molar-refractivity contribution is -0.137. The number of aryl methyl sites for hydroxylation is 1. The van der Waals surface area contributed by atoms with Crippen molar-refractivity contribution in [1.82, 2.24) is 5.16 Å². The summed E-state index contributed by atoms with van der Waals surface area (Å²) in [6, 6.07) is 9.93. The zero-order valence-corrected chi connectivity index (χ0v) is 15.2. The minimum Gasteiger partial charge on any atom is -0.360 e. The molecule has 0 bridgehead atoms. The Morgan fingerprint density at radius 2 is 1.81 bits per heavy atom. The van der Waals surface area contributed by atoms with Gasteiger partial charge >= 0.3 is 6.18 Å². The molecule has 1 heterocycles. The lowest BCUT2D eigenvalue weighted by Gasteiger charge is -2.13. The number of hydrogen-bond donors (Lipinski definition) is 1. The molecule has 0 saturated heterocycles. The number of aromatic nitrogens is 1. The summed E-state index contributed by atoms with van der Waals surface area (Å²) in [5, 5.41) is 5.98. The van der Waals surface area contributed by atoms with Crippen molar-refractivity contribution in [3.8, 4) is 11.3 Å². The minimum atomic E-state index is -4.65. The number of anilines is 1. The fourth-order valence-corrected chi connectivity index (χ4v) is 3.01. The van der Waals surface area contributed by atoms with Gasteiger partial charge in [-0.2, -0.15) is 13.2 Å². The average Bonchev–Trinajstić information content (AvgIpc) is 2.97. The molecule has 0 aliphatic rings. The number of hydrogen-bond acceptors (Lipinski definition) is 3. The van der Waals surface area contributed by atoms with Gasteiger partial charge in [-0.25, -0.2) is 0 Å². The van der Waals surface area contributed by atoms with Crippen LogP contribution in [-0.2, 0) is 6.18 Å². The quantitative estimate of drug-likeness (QED) is 0.552. The van der Waals surface area contributed by atoms with Crippen molar-refractivity contribution in [2.24, 2.45) is 0 Å². The monoisotopic (exact) mass is 414 g/mol. The van der Waals surface area contributed by atoms with Gasteiger partial charge in [0.15, 0.2) is 0 Å². The SMILES string of the molecule is Cc1onc(-c2ccccc2Cl)c1C(=O)Nc1cccc(C(F)(F)F)c1Cl. The zero-order valence-electron chi connectivity index (χ0n) is 13.7. The fraction of sp³-hybridized carbons (Fsp3) is 0.111. The Hall–Kier alpha value is -2.51. The summed E-state index contributed by atoms with van der Waals surface area (Å²) in [7, 11) is 0. The number of carbonyl (C=O) groups is 1. The molecule has 0 spiro atoms. The maximum absolute atomic E-state index is 13.0. The second kappa shape index (κ2) is 7.25. The molecule has 2 aromatic carbocycles. The summed E-state index contributed by atoms with van der Waals surface area (Å²) in [4.78, 5) is 12.7. The first-order valence-corrected chi connectivity index (χ1v) is 8.34. The molecule has 0 unspecified atom stereocenters. The molecular weight excluding hydrogens is 404 g/mol. The van der Waals surface area contributed by atoms with Gasteiger partial charge in [-0.15, -0.1) is 0 Å². The number of alkyl halides is 3. The number of benzene rings is 2. The van der Waals surface area contributed by atoms with Crippen molar-refractivity contribution < 1.29 is 22.5 Å². The van der Waals surface area contributed by atoms with Crippen LogP contribution in [0.4, 0.5) is 18.9 Å². The third-order valence-electron chi connectivity index (χ3n) is 3.77. The Morgan fingerprint density at radius 1 is 1.11 bits per heavy atom. The van der Waals surface area contributed by atoms with E-state index in [-0.39, 0.29) is 22.7 Å². The molecule has 3 rings (SSSR count). The van der Waals surface area contributed by atoms with E-state index in [9.17, 15) is 18.0 Å². The third kappa shape index (κ3) is 3.79. The van der Waals surface area contributed by atoms with Crippen molar-refractivity contribution in [2.75, 3.05) is 5.32 Å². The van der Waals surface area contributed by atoms with E-state index >= 15 is 0 Å². The van der Waals surface area contributed by atoms with Crippen LogP contribution in [0.1, 0.15) is 21.7 Å². The molecule has 0 aliphatic heterocycles. The molecule has 1 amide bonds. The molecule has 0 atom stereocenters. The summed E-state index contributed by atoms with van der Waals surface area (Å²) in [6.07, 6.45) is -4.65. The normalized spacial score (nSPS) is 11.5. The van der Waals surface area contributed by atoms with Crippen LogP contribution in [0.5, 0.6) is 0 Å². The Bertz CT molecular complexity index is 1020. The first-order chi connectivity index (χ1) is 12.7. The lowest BCUT2D eigenvalue weighted by Crippen LogP contribution is -2.15. The second-order valence-electron chi connectivity index (χ2n) is 5.56. The van der Waals surface area contributed by atoms with Crippen LogP contribution in [0, 0.1) is 6.92 Å². The number of carbonyl (C=O) groups excluding carboxylic acids is 1. The molecule has 3 aromatic rings. The molecule has 0 saturated carbocycles. The fourth-order valence-electron chi connectivity index (χ4n) is 2.51. The van der Waals surface area contributed by atoms with Gasteiger partial charge in [-0.05, 0) is 25.1 Å². The number of nitrogens with one attached hydrogen (secondary N) is 1. The molecular formula is C18H11Cl2F3N2O2. The van der Waals surface area contributed by atoms with E-state index in [1.165, 1.54) is 13.0 Å². The Morgan fingerprint density at radius 3 is 2.48 bits per heavy atom. The van der Waals surface area contributed by atoms with Crippen LogP contribution in [0.2, 0.25) is 10.0 Å². The van der Waals surface area contributed by atoms with Crippen molar-refractivity contribution in [2.45, 2.75) is 13.1 Å². The lowest BCUT2D eigenvalue weighted by atomic mass is 10.1. The van der Waals surface area contributed by atoms with Crippen LogP contribution in [0.3, 0.4) is 0 Å². The highest BCUT2D eigenvalue weighted by atomic mass is 35.5. The first kappa shape index (κ1) is 19.3. The van der Waals surface area contributed by atoms with Crippen LogP contribution in [0.25, 0.3) is 11.3 Å². The van der Waals surface area contributed by atoms with Gasteiger partial charge in [0.05, 0.1) is 21.3 Å². The van der Waals surface area contributed by atoms with Crippen LogP contribution in [0.15, 0.2) is 47.0 Å². The van der Waals surface area contributed by atoms with Crippen molar-refractivity contribution in [3.63, 3.8) is 0 Å². The second-order valence-corrected chi connectivity index (χ2v) is 6.35. The Labute approximate surface area is 161 Å². The summed E-state index contributed by atoms with van der Waals surface area (Å²) >= 11 is 12.0. The molecule has 27 heavy (non-hydrogen) atoms. The maximum Gasteiger partial charge on any atom is 0.417 e. The largest absolute Gasteiger partial charge is 0.417 e. The van der Waals surface area contributed by atoms with E-state index in [1.807, 2.05) is 0 Å². The van der Waals surface area contributed by atoms with Crippen LogP contribution in [-0.4, -0.2) is 11.1 Å². The maximum atomic E-state index is 13.0. The minimum absolute atomic E-state index is 0.0524. The van der Waals surface area contributed by atoms with Gasteiger partial charge in [0.25, 0.3) is 5.91 Å². The summed E-state index contributed by atoms with van der Waals surface area (Å²) in [5.41, 5.74) is -0.538. The Balaban J connectivity index is 2.00. The van der Waals surface area contributed by atoms with Crippen molar-refractivity contribution in [1.29, 1.82) is 0 Å². The number of rotatable bonds is 3. The number of amides is 1. The molecule has 9 heteroatoms. The molecule has 0 fully saturated rings. The van der Waals surface area contributed by atoms with Gasteiger partial charge in [0.2, 0.25) is 0 Å². The smallest absolute Gasteiger partial charge is 0.360 e. The highest BCUT2D eigenvalue weighted by Gasteiger charge is 2.34. The number of halogens is 5. The predicted molar refractivity (Wildman–Crippen MR) is 96.1 cm³/mol. The molecule has 1 aromatic heterocycles. The van der Waals surface area contributed by atoms with Gasteiger partial charge in [-0.3, -0.25) is 4.79 Å². The van der Waals surface area contributed by atoms with E-state index in [0.717, 1.165) is 12.1 Å². The van der Waals surface area contributed by atoms with Gasteiger partial charge in [0, 0.05) is 5.56 Å². The van der Waals surface area contributed by atoms with Gasteiger partial charge in [-0.1, -0.05) is 52.6 Å². The topological polar surface area (TPSA) is 55.1 Å². The average molecular weight is 415 g/mol. The third-order valence-corrected chi connectivity index (χ3v) is 4.51. The van der Waals surface area contributed by atoms with E-state index in [2.05, 4.69) is 10.5 Å². The van der Waals surface area contributed by atoms with E-state index < -0.39 is 22.7 Å². The van der Waals surface area contributed by atoms with E-state index in [0.29, 0.717) is 10.6 Å². The van der Waals surface area contributed by atoms with Gasteiger partial charge < -0.3 is 9.84 Å². The molecule has 140 valence electrons. The predicted octanol–water partition coefficient (Wildman–Crippen LogP) is 6.23. The van der Waals surface area contributed by atoms with E-state index in [4.69, 9.17) is 27.7 Å². The zero-order chi connectivity index (χ0) is 19.8. The number of nitrogens with zero attached hydrogens (tertiary/aromatic N) is 1. The van der Waals surface area contributed by atoms with Gasteiger partial charge in [0.1, 0.15) is 17.0 Å². The highest BCUT2D eigenvalue weighted by molar-refractivity contribution is 6.35. The standard InChI is InChI=1S/C18H11Cl2F3N2O2/c1-9-14(16(25-27-9)10-5-2-3-7-12(10)19)17(26)24-13-8-4-6-11(15(13)20)18(21,22)23/h2-8H,1H3,(H,24,26). The highest BCUT2D eigenvalue weighted by Crippen LogP contribution is 2.39. The van der Waals surface area contributed by atoms with Crippen LogP contribution >= 0.6 is 23.2 Å². The van der Waals surface area contributed by atoms with E-state index in [1.54, 1.807) is 24.3 Å². The van der Waals surface area contributed by atoms with Crippen LogP contribution < -0.4 is 5.32 Å². The summed E-state index contributed by atoms with van der Waals surface area (Å²) in [6.45, 7) is 1.51. The van der Waals surface area contributed by atoms with Crippen molar-refractivity contribution in [3.05, 3.63) is 69.4 Å². The summed E-state index contributed by atoms with van der Waals surface area (Å²) in [5.74, 6) is -0.532. The first-order valence-electron chi connectivity index (χ1n) is 7.58. The molecule has 1 N–H and O–H groups in total. The molecule has 0 aliphatic carbocycles.